The fourth-order valence-electron chi connectivity index (χ4n) is 0.906. The van der Waals surface area contributed by atoms with Crippen LogP contribution in [0.2, 0.25) is 0 Å². The van der Waals surface area contributed by atoms with E-state index in [0.29, 0.717) is 0 Å². The van der Waals surface area contributed by atoms with E-state index in [1.807, 2.05) is 18.4 Å². The van der Waals surface area contributed by atoms with Crippen LogP contribution in [0.15, 0.2) is 57.8 Å². The second kappa shape index (κ2) is 9.43. The first-order valence-electron chi connectivity index (χ1n) is 5.61. The number of hydrogen-bond acceptors (Lipinski definition) is 2. The van der Waals surface area contributed by atoms with Crippen molar-refractivity contribution in [3.05, 3.63) is 57.8 Å². The summed E-state index contributed by atoms with van der Waals surface area (Å²) >= 11 is 3.34. The second-order valence-electron chi connectivity index (χ2n) is 3.72. The molecule has 0 unspecified atom stereocenters. The van der Waals surface area contributed by atoms with E-state index in [0.717, 1.165) is 16.2 Å². The molecular weight excluding hydrogens is 244 g/mol. The SMILES string of the molecule is C=C(/C=C\C(=C)S/C(C)=C/C=C(/C)CC)SC. The summed E-state index contributed by atoms with van der Waals surface area (Å²) in [5.74, 6) is 0. The maximum Gasteiger partial charge on any atom is 0.00470 e. The minimum atomic E-state index is 1.04. The third kappa shape index (κ3) is 9.13. The first-order chi connectivity index (χ1) is 7.99. The van der Waals surface area contributed by atoms with Gasteiger partial charge in [0.1, 0.15) is 0 Å². The van der Waals surface area contributed by atoms with Crippen molar-refractivity contribution >= 4 is 23.5 Å². The van der Waals surface area contributed by atoms with Crippen LogP contribution in [0.25, 0.3) is 0 Å². The van der Waals surface area contributed by atoms with Crippen molar-refractivity contribution in [1.29, 1.82) is 0 Å². The normalized spacial score (nSPS) is 13.2. The van der Waals surface area contributed by atoms with Crippen LogP contribution in [0, 0.1) is 0 Å². The summed E-state index contributed by atoms with van der Waals surface area (Å²) in [6.07, 6.45) is 11.4. The van der Waals surface area contributed by atoms with Crippen LogP contribution in [-0.4, -0.2) is 6.26 Å². The van der Waals surface area contributed by atoms with Gasteiger partial charge < -0.3 is 0 Å². The van der Waals surface area contributed by atoms with Gasteiger partial charge in [-0.1, -0.05) is 49.6 Å². The molecule has 0 atom stereocenters. The molecule has 0 bridgehead atoms. The Balaban J connectivity index is 4.30. The summed E-state index contributed by atoms with van der Waals surface area (Å²) in [5, 5.41) is 0. The van der Waals surface area contributed by atoms with Gasteiger partial charge in [-0.3, -0.25) is 0 Å². The highest BCUT2D eigenvalue weighted by Gasteiger charge is 1.93. The molecule has 2 heteroatoms. The van der Waals surface area contributed by atoms with Gasteiger partial charge >= 0.3 is 0 Å². The zero-order valence-corrected chi connectivity index (χ0v) is 12.9. The van der Waals surface area contributed by atoms with Crippen LogP contribution in [0.1, 0.15) is 27.2 Å². The summed E-state index contributed by atoms with van der Waals surface area (Å²) in [5.41, 5.74) is 1.39. The lowest BCUT2D eigenvalue weighted by Gasteiger charge is -2.00. The lowest BCUT2D eigenvalue weighted by molar-refractivity contribution is 1.10. The molecule has 94 valence electrons. The molecule has 0 fully saturated rings. The monoisotopic (exact) mass is 266 g/mol. The zero-order valence-electron chi connectivity index (χ0n) is 11.2. The highest BCUT2D eigenvalue weighted by atomic mass is 32.2. The van der Waals surface area contributed by atoms with E-state index in [1.165, 1.54) is 10.5 Å². The van der Waals surface area contributed by atoms with Gasteiger partial charge in [-0.15, -0.1) is 11.8 Å². The Morgan fingerprint density at radius 2 is 1.65 bits per heavy atom. The molecule has 0 rings (SSSR count). The smallest absolute Gasteiger partial charge is 0.00470 e. The molecule has 0 heterocycles. The largest absolute Gasteiger partial charge is 0.130 e. The molecule has 0 aromatic carbocycles. The number of hydrogen-bond donors (Lipinski definition) is 0. The van der Waals surface area contributed by atoms with Crippen LogP contribution in [0.3, 0.4) is 0 Å². The Labute approximate surface area is 115 Å². The van der Waals surface area contributed by atoms with Crippen molar-refractivity contribution < 1.29 is 0 Å². The quantitative estimate of drug-likeness (QED) is 0.524. The lowest BCUT2D eigenvalue weighted by Crippen LogP contribution is -1.73. The van der Waals surface area contributed by atoms with Crippen molar-refractivity contribution in [3.63, 3.8) is 0 Å². The lowest BCUT2D eigenvalue weighted by atomic mass is 10.2. The third-order valence-corrected chi connectivity index (χ3v) is 3.69. The van der Waals surface area contributed by atoms with Crippen molar-refractivity contribution in [2.45, 2.75) is 27.2 Å². The van der Waals surface area contributed by atoms with Crippen molar-refractivity contribution in [1.82, 2.24) is 0 Å². The maximum absolute atomic E-state index is 4.01. The van der Waals surface area contributed by atoms with Gasteiger partial charge in [-0.05, 0) is 48.5 Å². The summed E-state index contributed by atoms with van der Waals surface area (Å²) < 4.78 is 0. The molecule has 0 amide bonds. The standard InChI is InChI=1S/C15H22S2/c1-7-12(2)8-9-14(4)17-15(5)11-10-13(3)16-6/h8-11H,3,5,7H2,1-2,4,6H3/b11-10-,12-8-,14-9+. The molecule has 0 radical (unpaired) electrons. The van der Waals surface area contributed by atoms with Crippen LogP contribution < -0.4 is 0 Å². The Kier molecular flexibility index (Phi) is 9.10. The van der Waals surface area contributed by atoms with Gasteiger partial charge in [0.25, 0.3) is 0 Å². The summed E-state index contributed by atoms with van der Waals surface area (Å²) in [7, 11) is 0. The van der Waals surface area contributed by atoms with Crippen molar-refractivity contribution in [2.24, 2.45) is 0 Å². The van der Waals surface area contributed by atoms with E-state index in [4.69, 9.17) is 0 Å². The van der Waals surface area contributed by atoms with E-state index < -0.39 is 0 Å². The molecule has 0 aliphatic rings. The van der Waals surface area contributed by atoms with E-state index in [-0.39, 0.29) is 0 Å². The highest BCUT2D eigenvalue weighted by Crippen LogP contribution is 2.25. The molecule has 0 saturated carbocycles. The third-order valence-electron chi connectivity index (χ3n) is 2.17. The van der Waals surface area contributed by atoms with Gasteiger partial charge in [-0.2, -0.15) is 0 Å². The van der Waals surface area contributed by atoms with Gasteiger partial charge in [0.15, 0.2) is 0 Å². The summed E-state index contributed by atoms with van der Waals surface area (Å²) in [6, 6.07) is 0. The van der Waals surface area contributed by atoms with E-state index >= 15 is 0 Å². The molecule has 17 heavy (non-hydrogen) atoms. The fraction of sp³-hybridized carbons (Fsp3) is 0.333. The van der Waals surface area contributed by atoms with Crippen LogP contribution >= 0.6 is 23.5 Å². The fourth-order valence-corrected chi connectivity index (χ4v) is 1.80. The molecule has 0 N–H and O–H groups in total. The number of thioether (sulfide) groups is 2. The topological polar surface area (TPSA) is 0 Å². The van der Waals surface area contributed by atoms with Gasteiger partial charge in [0, 0.05) is 4.91 Å². The van der Waals surface area contributed by atoms with E-state index in [2.05, 4.69) is 46.1 Å². The average molecular weight is 266 g/mol. The zero-order chi connectivity index (χ0) is 13.3. The molecule has 0 aliphatic heterocycles. The van der Waals surface area contributed by atoms with Crippen LogP contribution in [0.5, 0.6) is 0 Å². The van der Waals surface area contributed by atoms with E-state index in [9.17, 15) is 0 Å². The second-order valence-corrected chi connectivity index (χ2v) is 6.02. The first-order valence-corrected chi connectivity index (χ1v) is 7.65. The highest BCUT2D eigenvalue weighted by molar-refractivity contribution is 8.06. The van der Waals surface area contributed by atoms with Gasteiger partial charge in [-0.25, -0.2) is 0 Å². The Morgan fingerprint density at radius 1 is 1.06 bits per heavy atom. The summed E-state index contributed by atoms with van der Waals surface area (Å²) in [4.78, 5) is 3.34. The number of allylic oxidation sites excluding steroid dienone is 6. The van der Waals surface area contributed by atoms with Crippen LogP contribution in [0.4, 0.5) is 0 Å². The molecule has 0 nitrogen and oxygen atoms in total. The summed E-state index contributed by atoms with van der Waals surface area (Å²) in [6.45, 7) is 14.3. The minimum absolute atomic E-state index is 1.04. The van der Waals surface area contributed by atoms with E-state index in [1.54, 1.807) is 23.5 Å². The molecule has 0 aliphatic carbocycles. The maximum atomic E-state index is 4.01. The van der Waals surface area contributed by atoms with Crippen molar-refractivity contribution in [2.75, 3.05) is 6.26 Å². The minimum Gasteiger partial charge on any atom is -0.130 e. The Morgan fingerprint density at radius 3 is 2.18 bits per heavy atom. The Bertz CT molecular complexity index is 357. The predicted octanol–water partition coefficient (Wildman–Crippen LogP) is 5.93. The van der Waals surface area contributed by atoms with Gasteiger partial charge in [0.05, 0.1) is 0 Å². The molecule has 0 saturated heterocycles. The predicted molar refractivity (Wildman–Crippen MR) is 86.3 cm³/mol. The molecule has 0 spiro atoms. The van der Waals surface area contributed by atoms with Gasteiger partial charge in [0.2, 0.25) is 0 Å². The first kappa shape index (κ1) is 16.4. The molecular formula is C15H22S2. The molecule has 0 aromatic rings. The van der Waals surface area contributed by atoms with Crippen molar-refractivity contribution in [3.8, 4) is 0 Å². The Hall–Kier alpha value is -0.600. The molecule has 0 aromatic heterocycles. The van der Waals surface area contributed by atoms with Crippen LogP contribution in [-0.2, 0) is 0 Å². The number of rotatable bonds is 7. The average Bonchev–Trinajstić information content (AvgIpc) is 2.32.